The number of aryl methyl sites for hydroxylation is 1. The highest BCUT2D eigenvalue weighted by molar-refractivity contribution is 6.06. The Bertz CT molecular complexity index is 755. The topological polar surface area (TPSA) is 99.6 Å². The summed E-state index contributed by atoms with van der Waals surface area (Å²) in [5, 5.41) is 10.3. The van der Waals surface area contributed by atoms with Gasteiger partial charge in [0.2, 0.25) is 0 Å². The summed E-state index contributed by atoms with van der Waals surface area (Å²) in [6, 6.07) is 9.06. The summed E-state index contributed by atoms with van der Waals surface area (Å²) in [5.41, 5.74) is 8.57. The van der Waals surface area contributed by atoms with Crippen LogP contribution in [0.15, 0.2) is 30.3 Å². The SMILES string of the molecule is Cc1cc(NC(=O)c2cc3cccc(N)c3[nH]2)n[nH]1. The Balaban J connectivity index is 1.91. The first kappa shape index (κ1) is 11.3. The van der Waals surface area contributed by atoms with Gasteiger partial charge < -0.3 is 16.0 Å². The Kier molecular flexibility index (Phi) is 2.49. The van der Waals surface area contributed by atoms with Crippen LogP contribution in [0.2, 0.25) is 0 Å². The van der Waals surface area contributed by atoms with Crippen molar-refractivity contribution in [1.29, 1.82) is 0 Å². The van der Waals surface area contributed by atoms with Crippen LogP contribution in [0.25, 0.3) is 10.9 Å². The molecule has 0 aliphatic carbocycles. The maximum Gasteiger partial charge on any atom is 0.273 e. The van der Waals surface area contributed by atoms with Crippen molar-refractivity contribution in [3.05, 3.63) is 41.7 Å². The molecule has 2 aromatic heterocycles. The highest BCUT2D eigenvalue weighted by Crippen LogP contribution is 2.21. The number of aromatic amines is 2. The van der Waals surface area contributed by atoms with Crippen LogP contribution in [0.1, 0.15) is 16.2 Å². The number of amides is 1. The van der Waals surface area contributed by atoms with Gasteiger partial charge in [-0.3, -0.25) is 9.89 Å². The first-order valence-corrected chi connectivity index (χ1v) is 5.84. The first-order valence-electron chi connectivity index (χ1n) is 5.84. The summed E-state index contributed by atoms with van der Waals surface area (Å²) in [7, 11) is 0. The normalized spacial score (nSPS) is 10.8. The fourth-order valence-corrected chi connectivity index (χ4v) is 1.97. The van der Waals surface area contributed by atoms with Crippen LogP contribution in [-0.2, 0) is 0 Å². The Morgan fingerprint density at radius 3 is 2.89 bits per heavy atom. The van der Waals surface area contributed by atoms with Gasteiger partial charge in [0.25, 0.3) is 5.91 Å². The average molecular weight is 255 g/mol. The van der Waals surface area contributed by atoms with E-state index in [-0.39, 0.29) is 5.91 Å². The summed E-state index contributed by atoms with van der Waals surface area (Å²) in [6.07, 6.45) is 0. The van der Waals surface area contributed by atoms with Gasteiger partial charge in [-0.25, -0.2) is 0 Å². The minimum Gasteiger partial charge on any atom is -0.397 e. The van der Waals surface area contributed by atoms with E-state index < -0.39 is 0 Å². The van der Waals surface area contributed by atoms with Crippen LogP contribution in [-0.4, -0.2) is 21.1 Å². The second-order valence-electron chi connectivity index (χ2n) is 4.38. The molecule has 3 rings (SSSR count). The summed E-state index contributed by atoms with van der Waals surface area (Å²) in [4.78, 5) is 15.1. The lowest BCUT2D eigenvalue weighted by molar-refractivity contribution is 0.102. The lowest BCUT2D eigenvalue weighted by Crippen LogP contribution is -2.12. The van der Waals surface area contributed by atoms with Crippen molar-refractivity contribution in [1.82, 2.24) is 15.2 Å². The van der Waals surface area contributed by atoms with Crippen LogP contribution in [0.5, 0.6) is 0 Å². The van der Waals surface area contributed by atoms with Gasteiger partial charge in [-0.2, -0.15) is 5.10 Å². The second-order valence-corrected chi connectivity index (χ2v) is 4.38. The van der Waals surface area contributed by atoms with Crippen LogP contribution in [0.3, 0.4) is 0 Å². The summed E-state index contributed by atoms with van der Waals surface area (Å²) in [6.45, 7) is 1.87. The minimum atomic E-state index is -0.248. The van der Waals surface area contributed by atoms with Crippen molar-refractivity contribution in [2.45, 2.75) is 6.92 Å². The highest BCUT2D eigenvalue weighted by atomic mass is 16.1. The molecule has 5 N–H and O–H groups in total. The van der Waals surface area contributed by atoms with E-state index in [1.807, 2.05) is 19.1 Å². The van der Waals surface area contributed by atoms with E-state index in [0.717, 1.165) is 16.6 Å². The number of hydrogen-bond donors (Lipinski definition) is 4. The van der Waals surface area contributed by atoms with E-state index in [0.29, 0.717) is 17.2 Å². The number of H-pyrrole nitrogens is 2. The molecule has 2 heterocycles. The van der Waals surface area contributed by atoms with E-state index in [4.69, 9.17) is 5.73 Å². The lowest BCUT2D eigenvalue weighted by Gasteiger charge is -1.98. The Morgan fingerprint density at radius 2 is 2.21 bits per heavy atom. The molecule has 0 fully saturated rings. The predicted molar refractivity (Wildman–Crippen MR) is 74.0 cm³/mol. The molecule has 0 unspecified atom stereocenters. The maximum absolute atomic E-state index is 12.1. The monoisotopic (exact) mass is 255 g/mol. The highest BCUT2D eigenvalue weighted by Gasteiger charge is 2.12. The molecule has 0 aliphatic rings. The predicted octanol–water partition coefficient (Wildman–Crippen LogP) is 2.03. The number of para-hydroxylation sites is 1. The van der Waals surface area contributed by atoms with E-state index in [1.54, 1.807) is 18.2 Å². The zero-order valence-corrected chi connectivity index (χ0v) is 10.3. The molecule has 0 radical (unpaired) electrons. The number of carbonyl (C=O) groups is 1. The standard InChI is InChI=1S/C13H13N5O/c1-7-5-11(18-17-7)16-13(19)10-6-8-3-2-4-9(14)12(8)15-10/h2-6,15H,14H2,1H3,(H2,16,17,18,19). The molecule has 0 aliphatic heterocycles. The van der Waals surface area contributed by atoms with E-state index in [2.05, 4.69) is 20.5 Å². The number of nitrogens with two attached hydrogens (primary N) is 1. The molecule has 6 nitrogen and oxygen atoms in total. The molecule has 0 saturated carbocycles. The molecule has 6 heteroatoms. The third-order valence-electron chi connectivity index (χ3n) is 2.88. The number of fused-ring (bicyclic) bond motifs is 1. The van der Waals surface area contributed by atoms with Crippen molar-refractivity contribution in [3.63, 3.8) is 0 Å². The Morgan fingerprint density at radius 1 is 1.37 bits per heavy atom. The van der Waals surface area contributed by atoms with Crippen molar-refractivity contribution >= 4 is 28.3 Å². The molecule has 0 atom stereocenters. The molecule has 96 valence electrons. The van der Waals surface area contributed by atoms with E-state index in [1.165, 1.54) is 0 Å². The molecule has 0 bridgehead atoms. The van der Waals surface area contributed by atoms with Gasteiger partial charge in [0.05, 0.1) is 11.2 Å². The molecular weight excluding hydrogens is 242 g/mol. The van der Waals surface area contributed by atoms with Crippen LogP contribution < -0.4 is 11.1 Å². The average Bonchev–Trinajstić information content (AvgIpc) is 2.96. The van der Waals surface area contributed by atoms with Gasteiger partial charge in [-0.05, 0) is 19.1 Å². The number of rotatable bonds is 2. The molecule has 0 spiro atoms. The first-order chi connectivity index (χ1) is 9.13. The van der Waals surface area contributed by atoms with E-state index >= 15 is 0 Å². The number of nitrogens with one attached hydrogen (secondary N) is 3. The zero-order valence-electron chi connectivity index (χ0n) is 10.3. The summed E-state index contributed by atoms with van der Waals surface area (Å²) >= 11 is 0. The van der Waals surface area contributed by atoms with Crippen molar-refractivity contribution in [2.24, 2.45) is 0 Å². The molecule has 3 aromatic rings. The molecule has 1 amide bonds. The molecule has 1 aromatic carbocycles. The number of anilines is 2. The second kappa shape index (κ2) is 4.16. The lowest BCUT2D eigenvalue weighted by atomic mass is 10.2. The van der Waals surface area contributed by atoms with Gasteiger partial charge in [-0.1, -0.05) is 12.1 Å². The van der Waals surface area contributed by atoms with Gasteiger partial charge in [0.1, 0.15) is 5.69 Å². The minimum absolute atomic E-state index is 0.248. The fourth-order valence-electron chi connectivity index (χ4n) is 1.97. The van der Waals surface area contributed by atoms with Gasteiger partial charge >= 0.3 is 0 Å². The number of benzene rings is 1. The fraction of sp³-hybridized carbons (Fsp3) is 0.0769. The largest absolute Gasteiger partial charge is 0.397 e. The number of nitrogens with zero attached hydrogens (tertiary/aromatic N) is 1. The zero-order chi connectivity index (χ0) is 13.4. The number of carbonyl (C=O) groups excluding carboxylic acids is 1. The van der Waals surface area contributed by atoms with Crippen molar-refractivity contribution in [3.8, 4) is 0 Å². The van der Waals surface area contributed by atoms with Crippen LogP contribution >= 0.6 is 0 Å². The van der Waals surface area contributed by atoms with Crippen molar-refractivity contribution in [2.75, 3.05) is 11.1 Å². The third-order valence-corrected chi connectivity index (χ3v) is 2.88. The van der Waals surface area contributed by atoms with E-state index in [9.17, 15) is 4.79 Å². The third kappa shape index (κ3) is 2.03. The summed E-state index contributed by atoms with van der Waals surface area (Å²) < 4.78 is 0. The van der Waals surface area contributed by atoms with Gasteiger partial charge in [0, 0.05) is 17.1 Å². The molecule has 19 heavy (non-hydrogen) atoms. The molecule has 0 saturated heterocycles. The maximum atomic E-state index is 12.1. The van der Waals surface area contributed by atoms with Crippen LogP contribution in [0, 0.1) is 6.92 Å². The van der Waals surface area contributed by atoms with Gasteiger partial charge in [0.15, 0.2) is 5.82 Å². The number of hydrogen-bond acceptors (Lipinski definition) is 3. The van der Waals surface area contributed by atoms with Gasteiger partial charge in [-0.15, -0.1) is 0 Å². The number of nitrogen functional groups attached to an aromatic ring is 1. The number of aromatic nitrogens is 3. The quantitative estimate of drug-likeness (QED) is 0.527. The van der Waals surface area contributed by atoms with Crippen molar-refractivity contribution < 1.29 is 4.79 Å². The Labute approximate surface area is 109 Å². The Hall–Kier alpha value is -2.76. The molecular formula is C13H13N5O. The summed E-state index contributed by atoms with van der Waals surface area (Å²) in [5.74, 6) is 0.247. The smallest absolute Gasteiger partial charge is 0.273 e. The van der Waals surface area contributed by atoms with Crippen LogP contribution in [0.4, 0.5) is 11.5 Å².